The minimum atomic E-state index is 0.0774. The molecular formula is C21H21ClN6O2. The Balaban J connectivity index is 1.46. The largest absolute Gasteiger partial charge is 0.472 e. The molecule has 0 amide bonds. The molecule has 1 fully saturated rings. The van der Waals surface area contributed by atoms with E-state index in [2.05, 4.69) is 26.3 Å². The summed E-state index contributed by atoms with van der Waals surface area (Å²) in [6.07, 6.45) is 3.51. The Morgan fingerprint density at radius 3 is 2.93 bits per heavy atom. The smallest absolute Gasteiger partial charge is 0.213 e. The molecule has 1 unspecified atom stereocenters. The first-order valence-electron chi connectivity index (χ1n) is 9.81. The van der Waals surface area contributed by atoms with Gasteiger partial charge in [-0.3, -0.25) is 4.90 Å². The van der Waals surface area contributed by atoms with E-state index in [1.807, 2.05) is 24.4 Å². The van der Waals surface area contributed by atoms with Crippen LogP contribution in [0.25, 0.3) is 0 Å². The van der Waals surface area contributed by atoms with Gasteiger partial charge in [0.25, 0.3) is 0 Å². The molecule has 0 aromatic carbocycles. The second-order valence-electron chi connectivity index (χ2n) is 7.28. The number of fused-ring (bicyclic) bond motifs is 1. The first kappa shape index (κ1) is 20.4. The molecule has 2 aromatic rings. The van der Waals surface area contributed by atoms with E-state index in [0.29, 0.717) is 37.0 Å². The lowest BCUT2D eigenvalue weighted by molar-refractivity contribution is 0.138. The predicted octanol–water partition coefficient (Wildman–Crippen LogP) is 2.66. The van der Waals surface area contributed by atoms with Gasteiger partial charge in [0.2, 0.25) is 5.88 Å². The number of anilines is 1. The molecule has 1 N–H and O–H groups in total. The average molecular weight is 425 g/mol. The summed E-state index contributed by atoms with van der Waals surface area (Å²) in [4.78, 5) is 11.0. The van der Waals surface area contributed by atoms with E-state index in [0.717, 1.165) is 42.7 Å². The van der Waals surface area contributed by atoms with Crippen molar-refractivity contribution in [3.8, 4) is 18.0 Å². The van der Waals surface area contributed by atoms with Crippen LogP contribution in [0.5, 0.6) is 5.88 Å². The van der Waals surface area contributed by atoms with Crippen LogP contribution in [0.1, 0.15) is 28.7 Å². The molecule has 1 atom stereocenters. The average Bonchev–Trinajstić information content (AvgIpc) is 3.26. The van der Waals surface area contributed by atoms with Crippen LogP contribution in [0.15, 0.2) is 18.3 Å². The Morgan fingerprint density at radius 2 is 2.23 bits per heavy atom. The van der Waals surface area contributed by atoms with Crippen molar-refractivity contribution in [1.29, 1.82) is 10.5 Å². The highest BCUT2D eigenvalue weighted by Gasteiger charge is 2.25. The van der Waals surface area contributed by atoms with Gasteiger partial charge in [-0.25, -0.2) is 9.97 Å². The normalized spacial score (nSPS) is 18.3. The van der Waals surface area contributed by atoms with Crippen LogP contribution in [0, 0.1) is 22.7 Å². The summed E-state index contributed by atoms with van der Waals surface area (Å²) >= 11 is 6.23. The molecule has 0 spiro atoms. The van der Waals surface area contributed by atoms with Crippen LogP contribution in [-0.2, 0) is 24.2 Å². The molecule has 1 saturated heterocycles. The second-order valence-corrected chi connectivity index (χ2v) is 7.63. The molecule has 4 heterocycles. The van der Waals surface area contributed by atoms with E-state index < -0.39 is 0 Å². The maximum atomic E-state index is 9.57. The molecule has 0 saturated carbocycles. The zero-order chi connectivity index (χ0) is 20.9. The summed E-state index contributed by atoms with van der Waals surface area (Å²) < 4.78 is 11.1. The molecule has 9 heteroatoms. The molecule has 0 aliphatic carbocycles. The van der Waals surface area contributed by atoms with E-state index in [4.69, 9.17) is 26.3 Å². The highest BCUT2D eigenvalue weighted by atomic mass is 35.5. The lowest BCUT2D eigenvalue weighted by Crippen LogP contribution is -2.31. The van der Waals surface area contributed by atoms with Crippen molar-refractivity contribution < 1.29 is 9.47 Å². The van der Waals surface area contributed by atoms with Gasteiger partial charge in [0, 0.05) is 43.9 Å². The SMILES string of the molecule is N#CCNc1nc(Cl)c(C#N)c2c1CCN(Cc1ccc(OC3CCOC3)nc1)C2. The van der Waals surface area contributed by atoms with E-state index in [1.165, 1.54) is 0 Å². The second kappa shape index (κ2) is 9.27. The molecule has 154 valence electrons. The molecule has 2 aliphatic heterocycles. The first-order valence-corrected chi connectivity index (χ1v) is 10.2. The molecule has 2 aliphatic rings. The fourth-order valence-corrected chi connectivity index (χ4v) is 4.02. The van der Waals surface area contributed by atoms with Gasteiger partial charge < -0.3 is 14.8 Å². The van der Waals surface area contributed by atoms with E-state index in [-0.39, 0.29) is 17.8 Å². The van der Waals surface area contributed by atoms with Crippen molar-refractivity contribution in [2.45, 2.75) is 32.0 Å². The molecule has 30 heavy (non-hydrogen) atoms. The van der Waals surface area contributed by atoms with Gasteiger partial charge >= 0.3 is 0 Å². The lowest BCUT2D eigenvalue weighted by atomic mass is 9.96. The standard InChI is InChI=1S/C21H21ClN6O2/c22-20-17(9-24)18-12-28(7-3-16(18)21(27-20)25-6-5-23)11-14-1-2-19(26-10-14)30-15-4-8-29-13-15/h1-2,10,15H,3-4,6-8,11-13H2,(H,25,27). The quantitative estimate of drug-likeness (QED) is 0.557. The Morgan fingerprint density at radius 1 is 1.33 bits per heavy atom. The molecule has 4 rings (SSSR count). The van der Waals surface area contributed by atoms with E-state index >= 15 is 0 Å². The van der Waals surface area contributed by atoms with Crippen LogP contribution in [0.4, 0.5) is 5.82 Å². The summed E-state index contributed by atoms with van der Waals surface area (Å²) in [6, 6.07) is 8.12. The zero-order valence-corrected chi connectivity index (χ0v) is 17.2. The number of nitriles is 2. The Kier molecular flexibility index (Phi) is 6.29. The lowest BCUT2D eigenvalue weighted by Gasteiger charge is -2.30. The fourth-order valence-electron chi connectivity index (χ4n) is 3.78. The van der Waals surface area contributed by atoms with Crippen LogP contribution in [0.2, 0.25) is 5.15 Å². The van der Waals surface area contributed by atoms with Crippen LogP contribution in [0.3, 0.4) is 0 Å². The maximum absolute atomic E-state index is 9.57. The minimum Gasteiger partial charge on any atom is -0.472 e. The number of nitrogens with zero attached hydrogens (tertiary/aromatic N) is 5. The predicted molar refractivity (Wildman–Crippen MR) is 110 cm³/mol. The van der Waals surface area contributed by atoms with Gasteiger partial charge in [-0.05, 0) is 17.5 Å². The molecule has 2 aromatic heterocycles. The topological polar surface area (TPSA) is 107 Å². The number of rotatable bonds is 6. The number of halogens is 1. The van der Waals surface area contributed by atoms with Gasteiger partial charge in [0.1, 0.15) is 29.7 Å². The van der Waals surface area contributed by atoms with Crippen LogP contribution < -0.4 is 10.1 Å². The van der Waals surface area contributed by atoms with Gasteiger partial charge in [-0.15, -0.1) is 0 Å². The number of nitrogens with one attached hydrogen (secondary N) is 1. The molecule has 0 radical (unpaired) electrons. The summed E-state index contributed by atoms with van der Waals surface area (Å²) in [6.45, 7) is 3.57. The molecule has 8 nitrogen and oxygen atoms in total. The van der Waals surface area contributed by atoms with Crippen molar-refractivity contribution in [3.63, 3.8) is 0 Å². The summed E-state index contributed by atoms with van der Waals surface area (Å²) in [5, 5.41) is 21.6. The maximum Gasteiger partial charge on any atom is 0.213 e. The third kappa shape index (κ3) is 4.47. The van der Waals surface area contributed by atoms with Gasteiger partial charge in [0.15, 0.2) is 0 Å². The monoisotopic (exact) mass is 424 g/mol. The van der Waals surface area contributed by atoms with Gasteiger partial charge in [0.05, 0.1) is 24.8 Å². The van der Waals surface area contributed by atoms with E-state index in [9.17, 15) is 5.26 Å². The Hall–Kier alpha value is -2.91. The number of ether oxygens (including phenoxy) is 2. The number of hydrogen-bond donors (Lipinski definition) is 1. The van der Waals surface area contributed by atoms with Crippen molar-refractivity contribution >= 4 is 17.4 Å². The third-order valence-electron chi connectivity index (χ3n) is 5.25. The van der Waals surface area contributed by atoms with Crippen molar-refractivity contribution in [2.24, 2.45) is 0 Å². The van der Waals surface area contributed by atoms with Gasteiger partial charge in [-0.1, -0.05) is 17.7 Å². The minimum absolute atomic E-state index is 0.0774. The van der Waals surface area contributed by atoms with Crippen LogP contribution in [-0.4, -0.2) is 47.3 Å². The third-order valence-corrected chi connectivity index (χ3v) is 5.53. The first-order chi connectivity index (χ1) is 14.7. The fraction of sp³-hybridized carbons (Fsp3) is 0.429. The Labute approximate surface area is 180 Å². The van der Waals surface area contributed by atoms with E-state index in [1.54, 1.807) is 0 Å². The van der Waals surface area contributed by atoms with Crippen LogP contribution >= 0.6 is 11.6 Å². The molecule has 0 bridgehead atoms. The van der Waals surface area contributed by atoms with Gasteiger partial charge in [-0.2, -0.15) is 10.5 Å². The zero-order valence-electron chi connectivity index (χ0n) is 16.4. The summed E-state index contributed by atoms with van der Waals surface area (Å²) in [5.74, 6) is 1.20. The molecular weight excluding hydrogens is 404 g/mol. The Bertz CT molecular complexity index is 993. The van der Waals surface area contributed by atoms with Crippen molar-refractivity contribution in [1.82, 2.24) is 14.9 Å². The highest BCUT2D eigenvalue weighted by Crippen LogP contribution is 2.32. The van der Waals surface area contributed by atoms with Crippen molar-refractivity contribution in [2.75, 3.05) is 31.6 Å². The number of hydrogen-bond acceptors (Lipinski definition) is 8. The number of pyridine rings is 2. The highest BCUT2D eigenvalue weighted by molar-refractivity contribution is 6.30. The summed E-state index contributed by atoms with van der Waals surface area (Å²) in [7, 11) is 0. The van der Waals surface area contributed by atoms with Crippen molar-refractivity contribution in [3.05, 3.63) is 45.7 Å². The number of aromatic nitrogens is 2. The summed E-state index contributed by atoms with van der Waals surface area (Å²) in [5.41, 5.74) is 3.30.